The highest BCUT2D eigenvalue weighted by Crippen LogP contribution is 2.35. The van der Waals surface area contributed by atoms with Crippen molar-refractivity contribution in [3.63, 3.8) is 0 Å². The van der Waals surface area contributed by atoms with Gasteiger partial charge in [0.15, 0.2) is 6.10 Å². The average Bonchev–Trinajstić information content (AvgIpc) is 2.52. The van der Waals surface area contributed by atoms with Crippen molar-refractivity contribution in [1.82, 2.24) is 0 Å². The van der Waals surface area contributed by atoms with Crippen LogP contribution in [0.1, 0.15) is 17.5 Å². The molecule has 0 aromatic heterocycles. The van der Waals surface area contributed by atoms with Crippen molar-refractivity contribution in [3.05, 3.63) is 59.7 Å². The van der Waals surface area contributed by atoms with Crippen LogP contribution in [-0.4, -0.2) is 23.1 Å². The van der Waals surface area contributed by atoms with Gasteiger partial charge >= 0.3 is 5.97 Å². The zero-order valence-corrected chi connectivity index (χ0v) is 12.7. The molecule has 0 aliphatic carbocycles. The number of hydrogen-bond acceptors (Lipinski definition) is 3. The highest BCUT2D eigenvalue weighted by Gasteiger charge is 2.35. The first kappa shape index (κ1) is 15.1. The SMILES string of the molecule is Cc1ccccc1CN1C(=O)C(CC(=O)O)Oc2ccccc21. The number of amides is 1. The Morgan fingerprint density at radius 2 is 1.87 bits per heavy atom. The van der Waals surface area contributed by atoms with Gasteiger partial charge < -0.3 is 14.7 Å². The first-order valence-corrected chi connectivity index (χ1v) is 7.39. The molecule has 3 rings (SSSR count). The summed E-state index contributed by atoms with van der Waals surface area (Å²) in [6.45, 7) is 2.38. The normalized spacial score (nSPS) is 16.7. The summed E-state index contributed by atoms with van der Waals surface area (Å²) in [7, 11) is 0. The van der Waals surface area contributed by atoms with E-state index in [4.69, 9.17) is 9.84 Å². The van der Waals surface area contributed by atoms with Crippen LogP contribution in [0.2, 0.25) is 0 Å². The number of carboxylic acid groups (broad SMARTS) is 1. The topological polar surface area (TPSA) is 66.8 Å². The monoisotopic (exact) mass is 311 g/mol. The van der Waals surface area contributed by atoms with Gasteiger partial charge in [0, 0.05) is 0 Å². The summed E-state index contributed by atoms with van der Waals surface area (Å²) in [5.74, 6) is -0.847. The van der Waals surface area contributed by atoms with Crippen LogP contribution in [0.4, 0.5) is 5.69 Å². The number of aryl methyl sites for hydroxylation is 1. The smallest absolute Gasteiger partial charge is 0.307 e. The minimum absolute atomic E-state index is 0.325. The quantitative estimate of drug-likeness (QED) is 0.943. The van der Waals surface area contributed by atoms with Crippen LogP contribution in [0.15, 0.2) is 48.5 Å². The molecule has 0 bridgehead atoms. The molecule has 118 valence electrons. The van der Waals surface area contributed by atoms with E-state index in [9.17, 15) is 9.59 Å². The minimum atomic E-state index is -1.06. The Labute approximate surface area is 134 Å². The maximum Gasteiger partial charge on any atom is 0.307 e. The molecule has 0 saturated heterocycles. The molecule has 1 N–H and O–H groups in total. The number of ether oxygens (including phenoxy) is 1. The molecular weight excluding hydrogens is 294 g/mol. The van der Waals surface area contributed by atoms with Crippen LogP contribution >= 0.6 is 0 Å². The van der Waals surface area contributed by atoms with E-state index in [0.717, 1.165) is 11.1 Å². The van der Waals surface area contributed by atoms with E-state index in [1.807, 2.05) is 43.3 Å². The Morgan fingerprint density at radius 1 is 1.17 bits per heavy atom. The van der Waals surface area contributed by atoms with Crippen molar-refractivity contribution in [2.75, 3.05) is 4.90 Å². The van der Waals surface area contributed by atoms with Gasteiger partial charge in [-0.2, -0.15) is 0 Å². The lowest BCUT2D eigenvalue weighted by molar-refractivity contribution is -0.142. The zero-order valence-electron chi connectivity index (χ0n) is 12.7. The van der Waals surface area contributed by atoms with Gasteiger partial charge in [-0.25, -0.2) is 0 Å². The zero-order chi connectivity index (χ0) is 16.4. The molecule has 1 atom stereocenters. The van der Waals surface area contributed by atoms with Gasteiger partial charge in [-0.3, -0.25) is 9.59 Å². The van der Waals surface area contributed by atoms with Gasteiger partial charge in [-0.15, -0.1) is 0 Å². The Balaban J connectivity index is 1.97. The molecule has 1 heterocycles. The van der Waals surface area contributed by atoms with Crippen LogP contribution in [0.25, 0.3) is 0 Å². The number of nitrogens with zero attached hydrogens (tertiary/aromatic N) is 1. The fourth-order valence-electron chi connectivity index (χ4n) is 2.68. The number of anilines is 1. The van der Waals surface area contributed by atoms with Gasteiger partial charge in [0.1, 0.15) is 5.75 Å². The summed E-state index contributed by atoms with van der Waals surface area (Å²) in [6.07, 6.45) is -1.34. The fraction of sp³-hybridized carbons (Fsp3) is 0.222. The number of fused-ring (bicyclic) bond motifs is 1. The number of hydrogen-bond donors (Lipinski definition) is 1. The summed E-state index contributed by atoms with van der Waals surface area (Å²) in [6, 6.07) is 15.0. The minimum Gasteiger partial charge on any atom is -0.481 e. The first-order chi connectivity index (χ1) is 11.1. The van der Waals surface area contributed by atoms with E-state index in [1.54, 1.807) is 17.0 Å². The van der Waals surface area contributed by atoms with E-state index in [2.05, 4.69) is 0 Å². The molecule has 0 fully saturated rings. The second kappa shape index (κ2) is 6.12. The standard InChI is InChI=1S/C18H17NO4/c1-12-6-2-3-7-13(12)11-19-14-8-4-5-9-15(14)23-16(18(19)22)10-17(20)21/h2-9,16H,10-11H2,1H3,(H,20,21). The van der Waals surface area contributed by atoms with Gasteiger partial charge in [-0.1, -0.05) is 36.4 Å². The number of rotatable bonds is 4. The van der Waals surface area contributed by atoms with Crippen LogP contribution in [0.3, 0.4) is 0 Å². The van der Waals surface area contributed by atoms with E-state index < -0.39 is 12.1 Å². The Kier molecular flexibility index (Phi) is 4.02. The van der Waals surface area contributed by atoms with Crippen molar-refractivity contribution < 1.29 is 19.4 Å². The molecule has 0 spiro atoms. The number of carbonyl (C=O) groups excluding carboxylic acids is 1. The highest BCUT2D eigenvalue weighted by atomic mass is 16.5. The van der Waals surface area contributed by atoms with Crippen LogP contribution < -0.4 is 9.64 Å². The average molecular weight is 311 g/mol. The third-order valence-electron chi connectivity index (χ3n) is 3.92. The van der Waals surface area contributed by atoms with E-state index >= 15 is 0 Å². The van der Waals surface area contributed by atoms with Crippen LogP contribution in [0.5, 0.6) is 5.75 Å². The largest absolute Gasteiger partial charge is 0.481 e. The molecule has 5 heteroatoms. The molecule has 0 radical (unpaired) electrons. The molecular formula is C18H17NO4. The number of benzene rings is 2. The Bertz CT molecular complexity index is 756. The second-order valence-electron chi connectivity index (χ2n) is 5.52. The van der Waals surface area contributed by atoms with E-state index in [1.165, 1.54) is 0 Å². The molecule has 2 aromatic rings. The number of carbonyl (C=O) groups is 2. The molecule has 23 heavy (non-hydrogen) atoms. The molecule has 1 amide bonds. The number of aliphatic carboxylic acids is 1. The number of carboxylic acids is 1. The van der Waals surface area contributed by atoms with Gasteiger partial charge in [-0.05, 0) is 30.2 Å². The van der Waals surface area contributed by atoms with Crippen molar-refractivity contribution in [2.45, 2.75) is 26.0 Å². The predicted molar refractivity (Wildman–Crippen MR) is 85.5 cm³/mol. The van der Waals surface area contributed by atoms with Crippen LogP contribution in [0, 0.1) is 6.92 Å². The summed E-state index contributed by atoms with van der Waals surface area (Å²) in [5.41, 5.74) is 2.77. The van der Waals surface area contributed by atoms with Gasteiger partial charge in [0.2, 0.25) is 0 Å². The Morgan fingerprint density at radius 3 is 2.61 bits per heavy atom. The first-order valence-electron chi connectivity index (χ1n) is 7.39. The maximum absolute atomic E-state index is 12.7. The molecule has 2 aromatic carbocycles. The fourth-order valence-corrected chi connectivity index (χ4v) is 2.68. The molecule has 1 aliphatic rings. The molecule has 5 nitrogen and oxygen atoms in total. The van der Waals surface area contributed by atoms with Crippen molar-refractivity contribution in [1.29, 1.82) is 0 Å². The predicted octanol–water partition coefficient (Wildman–Crippen LogP) is 2.76. The summed E-state index contributed by atoms with van der Waals surface area (Å²) in [4.78, 5) is 25.3. The highest BCUT2D eigenvalue weighted by molar-refractivity contribution is 6.01. The summed E-state index contributed by atoms with van der Waals surface area (Å²) >= 11 is 0. The number of para-hydroxylation sites is 2. The lowest BCUT2D eigenvalue weighted by Gasteiger charge is -2.34. The van der Waals surface area contributed by atoms with E-state index in [-0.39, 0.29) is 12.3 Å². The molecule has 1 unspecified atom stereocenters. The lowest BCUT2D eigenvalue weighted by Crippen LogP contribution is -2.46. The lowest BCUT2D eigenvalue weighted by atomic mass is 10.1. The van der Waals surface area contributed by atoms with E-state index in [0.29, 0.717) is 18.0 Å². The third-order valence-corrected chi connectivity index (χ3v) is 3.92. The van der Waals surface area contributed by atoms with Gasteiger partial charge in [0.05, 0.1) is 18.7 Å². The molecule has 0 saturated carbocycles. The summed E-state index contributed by atoms with van der Waals surface area (Å²) < 4.78 is 5.58. The summed E-state index contributed by atoms with van der Waals surface area (Å²) in [5, 5.41) is 9.00. The van der Waals surface area contributed by atoms with Crippen molar-refractivity contribution in [2.24, 2.45) is 0 Å². The van der Waals surface area contributed by atoms with Crippen molar-refractivity contribution in [3.8, 4) is 5.75 Å². The maximum atomic E-state index is 12.7. The Hall–Kier alpha value is -2.82. The van der Waals surface area contributed by atoms with Gasteiger partial charge in [0.25, 0.3) is 5.91 Å². The van der Waals surface area contributed by atoms with Crippen molar-refractivity contribution >= 4 is 17.6 Å². The second-order valence-corrected chi connectivity index (χ2v) is 5.52. The molecule has 1 aliphatic heterocycles. The third kappa shape index (κ3) is 3.04. The van der Waals surface area contributed by atoms with Crippen LogP contribution in [-0.2, 0) is 16.1 Å².